The van der Waals surface area contributed by atoms with Crippen LogP contribution < -0.4 is 11.1 Å². The lowest BCUT2D eigenvalue weighted by molar-refractivity contribution is -0.122. The Bertz CT molecular complexity index is 608. The summed E-state index contributed by atoms with van der Waals surface area (Å²) in [5, 5.41) is 3.62. The Morgan fingerprint density at radius 2 is 1.77 bits per heavy atom. The van der Waals surface area contributed by atoms with E-state index in [-0.39, 0.29) is 5.91 Å². The van der Waals surface area contributed by atoms with Gasteiger partial charge in [0.1, 0.15) is 6.04 Å². The van der Waals surface area contributed by atoms with Crippen LogP contribution in [-0.4, -0.2) is 12.5 Å². The zero-order valence-corrected chi connectivity index (χ0v) is 13.4. The fourth-order valence-electron chi connectivity index (χ4n) is 2.19. The molecule has 0 bridgehead atoms. The number of nitrogens with one attached hydrogen (secondary N) is 1. The van der Waals surface area contributed by atoms with Crippen molar-refractivity contribution < 1.29 is 4.79 Å². The van der Waals surface area contributed by atoms with Crippen molar-refractivity contribution in [3.63, 3.8) is 0 Å². The topological polar surface area (TPSA) is 55.1 Å². The second kappa shape index (κ2) is 7.97. The van der Waals surface area contributed by atoms with Crippen LogP contribution >= 0.6 is 11.6 Å². The molecule has 0 radical (unpaired) electrons. The summed E-state index contributed by atoms with van der Waals surface area (Å²) in [6, 6.07) is 14.9. The molecule has 0 aliphatic heterocycles. The van der Waals surface area contributed by atoms with Gasteiger partial charge in [-0.05, 0) is 43.0 Å². The molecule has 2 aromatic rings. The summed E-state index contributed by atoms with van der Waals surface area (Å²) >= 11 is 5.85. The van der Waals surface area contributed by atoms with Crippen molar-refractivity contribution in [3.05, 3.63) is 70.2 Å². The summed E-state index contributed by atoms with van der Waals surface area (Å²) in [6.45, 7) is 2.62. The van der Waals surface area contributed by atoms with Crippen LogP contribution in [0.25, 0.3) is 0 Å². The molecule has 2 rings (SSSR count). The van der Waals surface area contributed by atoms with Gasteiger partial charge < -0.3 is 11.1 Å². The maximum absolute atomic E-state index is 12.0. The predicted octanol–water partition coefficient (Wildman–Crippen LogP) is 3.40. The molecule has 1 amide bonds. The fraction of sp³-hybridized carbons (Fsp3) is 0.278. The monoisotopic (exact) mass is 316 g/mol. The Labute approximate surface area is 136 Å². The van der Waals surface area contributed by atoms with Gasteiger partial charge in [-0.1, -0.05) is 53.6 Å². The van der Waals surface area contributed by atoms with Gasteiger partial charge in [-0.25, -0.2) is 0 Å². The van der Waals surface area contributed by atoms with Gasteiger partial charge in [0.05, 0.1) is 0 Å². The highest BCUT2D eigenvalue weighted by atomic mass is 35.5. The van der Waals surface area contributed by atoms with Crippen molar-refractivity contribution in [2.24, 2.45) is 5.73 Å². The molecule has 1 unspecified atom stereocenters. The van der Waals surface area contributed by atoms with Crippen LogP contribution in [0.4, 0.5) is 0 Å². The normalized spacial score (nSPS) is 12.0. The van der Waals surface area contributed by atoms with E-state index < -0.39 is 6.04 Å². The van der Waals surface area contributed by atoms with E-state index in [0.29, 0.717) is 6.54 Å². The Hall–Kier alpha value is -1.84. The molecule has 1 atom stereocenters. The highest BCUT2D eigenvalue weighted by Gasteiger charge is 2.14. The number of aryl methyl sites for hydroxylation is 2. The number of carbonyl (C=O) groups is 1. The number of hydrogen-bond acceptors (Lipinski definition) is 2. The number of nitrogens with two attached hydrogens (primary N) is 1. The second-order valence-corrected chi connectivity index (χ2v) is 5.85. The number of benzene rings is 2. The summed E-state index contributed by atoms with van der Waals surface area (Å²) in [5.41, 5.74) is 9.17. The van der Waals surface area contributed by atoms with Crippen molar-refractivity contribution in [2.45, 2.75) is 25.8 Å². The van der Waals surface area contributed by atoms with Crippen LogP contribution in [-0.2, 0) is 11.2 Å². The summed E-state index contributed by atoms with van der Waals surface area (Å²) in [7, 11) is 0. The molecule has 0 fully saturated rings. The third-order valence-electron chi connectivity index (χ3n) is 3.57. The van der Waals surface area contributed by atoms with E-state index >= 15 is 0 Å². The van der Waals surface area contributed by atoms with Crippen molar-refractivity contribution in [1.82, 2.24) is 5.32 Å². The molecule has 0 saturated heterocycles. The molecule has 0 aromatic heterocycles. The molecule has 22 heavy (non-hydrogen) atoms. The molecule has 116 valence electrons. The fourth-order valence-corrected chi connectivity index (χ4v) is 2.32. The van der Waals surface area contributed by atoms with Crippen molar-refractivity contribution in [1.29, 1.82) is 0 Å². The van der Waals surface area contributed by atoms with E-state index in [1.54, 1.807) is 0 Å². The quantitative estimate of drug-likeness (QED) is 0.803. The van der Waals surface area contributed by atoms with Crippen LogP contribution in [0.15, 0.2) is 48.5 Å². The van der Waals surface area contributed by atoms with Gasteiger partial charge in [-0.2, -0.15) is 0 Å². The number of carbonyl (C=O) groups excluding carboxylic acids is 1. The molecule has 3 N–H and O–H groups in total. The first-order valence-corrected chi connectivity index (χ1v) is 7.78. The summed E-state index contributed by atoms with van der Waals surface area (Å²) in [5.74, 6) is -0.139. The standard InChI is InChI=1S/C18H21ClN2O/c1-13-4-8-15(9-5-13)17(20)18(22)21-12-2-3-14-6-10-16(19)11-7-14/h4-11,17H,2-3,12,20H2,1H3,(H,21,22). The Balaban J connectivity index is 1.75. The minimum atomic E-state index is -0.615. The van der Waals surface area contributed by atoms with Gasteiger partial charge in [-0.3, -0.25) is 4.79 Å². The Kier molecular flexibility index (Phi) is 5.99. The van der Waals surface area contributed by atoms with Crippen LogP contribution in [0.3, 0.4) is 0 Å². The third kappa shape index (κ3) is 4.86. The van der Waals surface area contributed by atoms with E-state index in [0.717, 1.165) is 29.0 Å². The first-order valence-electron chi connectivity index (χ1n) is 7.40. The zero-order valence-electron chi connectivity index (χ0n) is 12.7. The molecule has 2 aromatic carbocycles. The smallest absolute Gasteiger partial charge is 0.241 e. The number of hydrogen-bond donors (Lipinski definition) is 2. The second-order valence-electron chi connectivity index (χ2n) is 5.41. The molecular weight excluding hydrogens is 296 g/mol. The van der Waals surface area contributed by atoms with E-state index in [4.69, 9.17) is 17.3 Å². The van der Waals surface area contributed by atoms with Crippen molar-refractivity contribution in [2.75, 3.05) is 6.54 Å². The van der Waals surface area contributed by atoms with E-state index in [2.05, 4.69) is 5.32 Å². The highest BCUT2D eigenvalue weighted by molar-refractivity contribution is 6.30. The first-order chi connectivity index (χ1) is 10.6. The molecular formula is C18H21ClN2O. The summed E-state index contributed by atoms with van der Waals surface area (Å²) < 4.78 is 0. The van der Waals surface area contributed by atoms with Gasteiger partial charge in [0.2, 0.25) is 5.91 Å². The van der Waals surface area contributed by atoms with Crippen LogP contribution in [0, 0.1) is 6.92 Å². The predicted molar refractivity (Wildman–Crippen MR) is 90.9 cm³/mol. The van der Waals surface area contributed by atoms with E-state index in [1.807, 2.05) is 55.5 Å². The molecule has 0 heterocycles. The minimum absolute atomic E-state index is 0.139. The third-order valence-corrected chi connectivity index (χ3v) is 3.83. The van der Waals surface area contributed by atoms with Crippen LogP contribution in [0.2, 0.25) is 5.02 Å². The minimum Gasteiger partial charge on any atom is -0.354 e. The van der Waals surface area contributed by atoms with Gasteiger partial charge in [-0.15, -0.1) is 0 Å². The van der Waals surface area contributed by atoms with E-state index in [1.165, 1.54) is 5.56 Å². The average molecular weight is 317 g/mol. The van der Waals surface area contributed by atoms with Crippen molar-refractivity contribution >= 4 is 17.5 Å². The number of amides is 1. The molecule has 0 saturated carbocycles. The largest absolute Gasteiger partial charge is 0.354 e. The molecule has 0 spiro atoms. The lowest BCUT2D eigenvalue weighted by Gasteiger charge is -2.13. The first kappa shape index (κ1) is 16.5. The lowest BCUT2D eigenvalue weighted by Crippen LogP contribution is -2.34. The lowest BCUT2D eigenvalue weighted by atomic mass is 10.1. The maximum atomic E-state index is 12.0. The highest BCUT2D eigenvalue weighted by Crippen LogP contribution is 2.12. The molecule has 0 aliphatic rings. The number of rotatable bonds is 6. The number of halogens is 1. The van der Waals surface area contributed by atoms with Crippen LogP contribution in [0.1, 0.15) is 29.2 Å². The summed E-state index contributed by atoms with van der Waals surface area (Å²) in [6.07, 6.45) is 1.77. The van der Waals surface area contributed by atoms with Gasteiger partial charge in [0.25, 0.3) is 0 Å². The van der Waals surface area contributed by atoms with Crippen molar-refractivity contribution in [3.8, 4) is 0 Å². The van der Waals surface area contributed by atoms with E-state index in [9.17, 15) is 4.79 Å². The van der Waals surface area contributed by atoms with Gasteiger partial charge in [0.15, 0.2) is 0 Å². The zero-order chi connectivity index (χ0) is 15.9. The van der Waals surface area contributed by atoms with Gasteiger partial charge in [0, 0.05) is 11.6 Å². The SMILES string of the molecule is Cc1ccc(C(N)C(=O)NCCCc2ccc(Cl)cc2)cc1. The summed E-state index contributed by atoms with van der Waals surface area (Å²) in [4.78, 5) is 12.0. The van der Waals surface area contributed by atoms with Gasteiger partial charge >= 0.3 is 0 Å². The van der Waals surface area contributed by atoms with Crippen LogP contribution in [0.5, 0.6) is 0 Å². The molecule has 4 heteroatoms. The molecule has 3 nitrogen and oxygen atoms in total. The average Bonchev–Trinajstić information content (AvgIpc) is 2.53. The Morgan fingerprint density at radius 1 is 1.14 bits per heavy atom. The Morgan fingerprint density at radius 3 is 2.41 bits per heavy atom. The molecule has 0 aliphatic carbocycles. The maximum Gasteiger partial charge on any atom is 0.241 e.